The molecule has 0 aromatic heterocycles. The Morgan fingerprint density at radius 1 is 1.40 bits per heavy atom. The van der Waals surface area contributed by atoms with Gasteiger partial charge in [0.05, 0.1) is 18.1 Å². The zero-order valence-electron chi connectivity index (χ0n) is 12.7. The highest BCUT2D eigenvalue weighted by atomic mass is 32.2. The summed E-state index contributed by atoms with van der Waals surface area (Å²) in [5.41, 5.74) is 0. The number of hydrogen-bond acceptors (Lipinski definition) is 5. The second kappa shape index (κ2) is 7.20. The summed E-state index contributed by atoms with van der Waals surface area (Å²) in [6, 6.07) is 0.636. The van der Waals surface area contributed by atoms with E-state index in [4.69, 9.17) is 4.74 Å². The zero-order chi connectivity index (χ0) is 14.6. The first-order valence-corrected chi connectivity index (χ1v) is 9.59. The fraction of sp³-hybridized carbons (Fsp3) is 1.00. The molecular formula is C14H28N2O3S. The van der Waals surface area contributed by atoms with Crippen LogP contribution < -0.4 is 5.32 Å². The van der Waals surface area contributed by atoms with Crippen molar-refractivity contribution in [3.8, 4) is 0 Å². The fourth-order valence-electron chi connectivity index (χ4n) is 3.18. The highest BCUT2D eigenvalue weighted by Crippen LogP contribution is 2.20. The van der Waals surface area contributed by atoms with Gasteiger partial charge in [0, 0.05) is 37.7 Å². The predicted molar refractivity (Wildman–Crippen MR) is 80.7 cm³/mol. The largest absolute Gasteiger partial charge is 0.381 e. The molecule has 1 N–H and O–H groups in total. The maximum absolute atomic E-state index is 11.6. The monoisotopic (exact) mass is 304 g/mol. The molecule has 2 aliphatic heterocycles. The molecule has 0 amide bonds. The Bertz CT molecular complexity index is 399. The molecule has 2 rings (SSSR count). The highest BCUT2D eigenvalue weighted by Gasteiger charge is 2.33. The van der Waals surface area contributed by atoms with Gasteiger partial charge in [-0.25, -0.2) is 8.42 Å². The number of sulfone groups is 1. The van der Waals surface area contributed by atoms with Crippen molar-refractivity contribution in [3.05, 3.63) is 0 Å². The molecule has 5 nitrogen and oxygen atoms in total. The van der Waals surface area contributed by atoms with Gasteiger partial charge in [0.15, 0.2) is 9.84 Å². The minimum absolute atomic E-state index is 0.127. The van der Waals surface area contributed by atoms with Gasteiger partial charge in [-0.3, -0.25) is 4.90 Å². The molecule has 118 valence electrons. The van der Waals surface area contributed by atoms with Crippen molar-refractivity contribution in [1.82, 2.24) is 10.2 Å². The smallest absolute Gasteiger partial charge is 0.153 e. The Morgan fingerprint density at radius 2 is 2.20 bits per heavy atom. The van der Waals surface area contributed by atoms with Crippen LogP contribution in [0.1, 0.15) is 26.7 Å². The van der Waals surface area contributed by atoms with Crippen LogP contribution in [-0.2, 0) is 14.6 Å². The molecule has 0 saturated carbocycles. The summed E-state index contributed by atoms with van der Waals surface area (Å²) in [5, 5.41) is 3.62. The van der Waals surface area contributed by atoms with E-state index in [1.54, 1.807) is 0 Å². The van der Waals surface area contributed by atoms with Crippen molar-refractivity contribution in [2.45, 2.75) is 38.8 Å². The van der Waals surface area contributed by atoms with Gasteiger partial charge >= 0.3 is 0 Å². The maximum Gasteiger partial charge on any atom is 0.153 e. The number of rotatable bonds is 5. The third kappa shape index (κ3) is 4.41. The Labute approximate surface area is 123 Å². The standard InChI is InChI=1S/C14H28N2O3S/c1-3-5-15-14-4-7-19-10-13(14)9-16-6-8-20(17,18)11-12(16)2/h12-15H,3-11H2,1-2H3. The Kier molecular flexibility index (Phi) is 5.84. The van der Waals surface area contributed by atoms with Gasteiger partial charge in [-0.1, -0.05) is 6.92 Å². The maximum atomic E-state index is 11.6. The van der Waals surface area contributed by atoms with E-state index >= 15 is 0 Å². The molecule has 6 heteroatoms. The molecule has 2 saturated heterocycles. The number of hydrogen-bond donors (Lipinski definition) is 1. The summed E-state index contributed by atoms with van der Waals surface area (Å²) in [4.78, 5) is 2.32. The summed E-state index contributed by atoms with van der Waals surface area (Å²) < 4.78 is 28.9. The molecule has 0 bridgehead atoms. The molecule has 0 spiro atoms. The van der Waals surface area contributed by atoms with Crippen molar-refractivity contribution >= 4 is 9.84 Å². The van der Waals surface area contributed by atoms with Gasteiger partial charge in [0.25, 0.3) is 0 Å². The molecule has 2 fully saturated rings. The molecule has 0 aromatic carbocycles. The van der Waals surface area contributed by atoms with E-state index < -0.39 is 9.84 Å². The van der Waals surface area contributed by atoms with Crippen LogP contribution in [0.4, 0.5) is 0 Å². The second-order valence-corrected chi connectivity index (χ2v) is 8.37. The van der Waals surface area contributed by atoms with Crippen molar-refractivity contribution in [1.29, 1.82) is 0 Å². The van der Waals surface area contributed by atoms with E-state index in [0.29, 0.717) is 30.0 Å². The van der Waals surface area contributed by atoms with Crippen molar-refractivity contribution in [3.63, 3.8) is 0 Å². The van der Waals surface area contributed by atoms with Gasteiger partial charge < -0.3 is 10.1 Å². The van der Waals surface area contributed by atoms with E-state index in [1.807, 2.05) is 6.92 Å². The fourth-order valence-corrected chi connectivity index (χ4v) is 4.81. The van der Waals surface area contributed by atoms with Gasteiger partial charge in [0.2, 0.25) is 0 Å². The lowest BCUT2D eigenvalue weighted by atomic mass is 9.94. The quantitative estimate of drug-likeness (QED) is 0.802. The van der Waals surface area contributed by atoms with Crippen molar-refractivity contribution < 1.29 is 13.2 Å². The minimum Gasteiger partial charge on any atom is -0.381 e. The van der Waals surface area contributed by atoms with E-state index in [1.165, 1.54) is 0 Å². The van der Waals surface area contributed by atoms with Gasteiger partial charge in [0.1, 0.15) is 0 Å². The molecule has 2 aliphatic rings. The molecule has 3 unspecified atom stereocenters. The average Bonchev–Trinajstić information content (AvgIpc) is 2.40. The topological polar surface area (TPSA) is 58.6 Å². The Hall–Kier alpha value is -0.170. The molecular weight excluding hydrogens is 276 g/mol. The Morgan fingerprint density at radius 3 is 2.90 bits per heavy atom. The highest BCUT2D eigenvalue weighted by molar-refractivity contribution is 7.91. The zero-order valence-corrected chi connectivity index (χ0v) is 13.5. The SMILES string of the molecule is CCCNC1CCOCC1CN1CCS(=O)(=O)CC1C. The van der Waals surface area contributed by atoms with Crippen LogP contribution >= 0.6 is 0 Å². The summed E-state index contributed by atoms with van der Waals surface area (Å²) in [6.45, 7) is 8.48. The molecule has 0 aromatic rings. The van der Waals surface area contributed by atoms with E-state index in [2.05, 4.69) is 17.1 Å². The summed E-state index contributed by atoms with van der Waals surface area (Å²) in [5.74, 6) is 1.07. The van der Waals surface area contributed by atoms with Crippen LogP contribution in [0.3, 0.4) is 0 Å². The van der Waals surface area contributed by atoms with Crippen LogP contribution in [0.5, 0.6) is 0 Å². The molecule has 0 radical (unpaired) electrons. The van der Waals surface area contributed by atoms with Crippen LogP contribution in [0.25, 0.3) is 0 Å². The van der Waals surface area contributed by atoms with Crippen LogP contribution in [0.2, 0.25) is 0 Å². The van der Waals surface area contributed by atoms with E-state index in [-0.39, 0.29) is 6.04 Å². The second-order valence-electron chi connectivity index (χ2n) is 6.14. The third-order valence-electron chi connectivity index (χ3n) is 4.41. The first-order chi connectivity index (χ1) is 9.52. The van der Waals surface area contributed by atoms with Crippen molar-refractivity contribution in [2.75, 3.05) is 44.4 Å². The molecule has 3 atom stereocenters. The van der Waals surface area contributed by atoms with Crippen LogP contribution in [-0.4, -0.2) is 69.8 Å². The third-order valence-corrected chi connectivity index (χ3v) is 6.20. The Balaban J connectivity index is 1.90. The normalized spacial score (nSPS) is 35.0. The van der Waals surface area contributed by atoms with Crippen LogP contribution in [0, 0.1) is 5.92 Å². The summed E-state index contributed by atoms with van der Waals surface area (Å²) >= 11 is 0. The lowest BCUT2D eigenvalue weighted by molar-refractivity contribution is 0.0128. The van der Waals surface area contributed by atoms with Gasteiger partial charge in [-0.05, 0) is 26.3 Å². The summed E-state index contributed by atoms with van der Waals surface area (Å²) in [6.07, 6.45) is 2.20. The molecule has 2 heterocycles. The molecule has 0 aliphatic carbocycles. The number of ether oxygens (including phenoxy) is 1. The van der Waals surface area contributed by atoms with Crippen LogP contribution in [0.15, 0.2) is 0 Å². The first-order valence-electron chi connectivity index (χ1n) is 7.77. The van der Waals surface area contributed by atoms with Crippen molar-refractivity contribution in [2.24, 2.45) is 5.92 Å². The lowest BCUT2D eigenvalue weighted by Crippen LogP contribution is -2.53. The van der Waals surface area contributed by atoms with Gasteiger partial charge in [-0.15, -0.1) is 0 Å². The van der Waals surface area contributed by atoms with E-state index in [9.17, 15) is 8.42 Å². The lowest BCUT2D eigenvalue weighted by Gasteiger charge is -2.40. The van der Waals surface area contributed by atoms with Gasteiger partial charge in [-0.2, -0.15) is 0 Å². The number of nitrogens with one attached hydrogen (secondary N) is 1. The average molecular weight is 304 g/mol. The number of nitrogens with zero attached hydrogens (tertiary/aromatic N) is 1. The summed E-state index contributed by atoms with van der Waals surface area (Å²) in [7, 11) is -2.82. The van der Waals surface area contributed by atoms with E-state index in [0.717, 1.165) is 39.1 Å². The predicted octanol–water partition coefficient (Wildman–Crippen LogP) is 0.510. The minimum atomic E-state index is -2.82. The first kappa shape index (κ1) is 16.2. The molecule has 20 heavy (non-hydrogen) atoms.